The molecule has 0 saturated carbocycles. The molecule has 0 bridgehead atoms. The summed E-state index contributed by atoms with van der Waals surface area (Å²) in [4.78, 5) is 0. The number of hydrogen-bond donors (Lipinski definition) is 2. The Morgan fingerprint density at radius 3 is 2.36 bits per heavy atom. The molecule has 0 rings (SSSR count). The second-order valence-corrected chi connectivity index (χ2v) is 2.66. The Bertz CT molecular complexity index is 56.6. The van der Waals surface area contributed by atoms with Crippen molar-refractivity contribution in [3.8, 4) is 0 Å². The molecule has 1 radical (unpaired) electrons. The van der Waals surface area contributed by atoms with Gasteiger partial charge in [0.2, 0.25) is 0 Å². The highest BCUT2D eigenvalue weighted by Gasteiger charge is 1.86. The molecule has 0 aromatic heterocycles. The smallest absolute Gasteiger partial charge is 0.00767 e. The highest BCUT2D eigenvalue weighted by atomic mass is 14.9. The van der Waals surface area contributed by atoms with Gasteiger partial charge in [0.15, 0.2) is 0 Å². The third kappa shape index (κ3) is 9.92. The highest BCUT2D eigenvalue weighted by Crippen LogP contribution is 1.89. The molecule has 0 unspecified atom stereocenters. The van der Waals surface area contributed by atoms with Gasteiger partial charge < -0.3 is 10.6 Å². The van der Waals surface area contributed by atoms with Crippen molar-refractivity contribution in [2.24, 2.45) is 0 Å². The standard InChI is InChI=1S/C9H21N2/c1-3-5-6-7-11-9-8-10-4-2/h10-11H,1,3-9H2,2H3. The van der Waals surface area contributed by atoms with Gasteiger partial charge in [0.1, 0.15) is 0 Å². The van der Waals surface area contributed by atoms with Gasteiger partial charge in [-0.05, 0) is 19.5 Å². The fourth-order valence-electron chi connectivity index (χ4n) is 0.905. The first-order valence-electron chi connectivity index (χ1n) is 4.62. The molecular weight excluding hydrogens is 136 g/mol. The van der Waals surface area contributed by atoms with Crippen LogP contribution >= 0.6 is 0 Å². The quantitative estimate of drug-likeness (QED) is 0.517. The van der Waals surface area contributed by atoms with Crippen LogP contribution in [0.4, 0.5) is 0 Å². The van der Waals surface area contributed by atoms with E-state index in [-0.39, 0.29) is 0 Å². The van der Waals surface area contributed by atoms with E-state index >= 15 is 0 Å². The van der Waals surface area contributed by atoms with Gasteiger partial charge in [-0.2, -0.15) is 0 Å². The topological polar surface area (TPSA) is 24.1 Å². The molecule has 0 spiro atoms. The normalized spacial score (nSPS) is 10.4. The molecule has 0 amide bonds. The van der Waals surface area contributed by atoms with E-state index in [1.807, 2.05) is 0 Å². The minimum Gasteiger partial charge on any atom is -0.316 e. The van der Waals surface area contributed by atoms with Crippen LogP contribution in [0.3, 0.4) is 0 Å². The van der Waals surface area contributed by atoms with E-state index in [0.29, 0.717) is 0 Å². The summed E-state index contributed by atoms with van der Waals surface area (Å²) < 4.78 is 0. The van der Waals surface area contributed by atoms with Gasteiger partial charge >= 0.3 is 0 Å². The number of rotatable bonds is 8. The van der Waals surface area contributed by atoms with Crippen LogP contribution in [-0.4, -0.2) is 26.2 Å². The van der Waals surface area contributed by atoms with Crippen molar-refractivity contribution >= 4 is 0 Å². The van der Waals surface area contributed by atoms with E-state index in [9.17, 15) is 0 Å². The maximum absolute atomic E-state index is 3.79. The zero-order chi connectivity index (χ0) is 8.36. The summed E-state index contributed by atoms with van der Waals surface area (Å²) in [7, 11) is 0. The van der Waals surface area contributed by atoms with E-state index in [1.54, 1.807) is 0 Å². The fraction of sp³-hybridized carbons (Fsp3) is 0.889. The number of nitrogens with one attached hydrogen (secondary N) is 2. The van der Waals surface area contributed by atoms with Crippen LogP contribution in [0.15, 0.2) is 0 Å². The summed E-state index contributed by atoms with van der Waals surface area (Å²) in [5.41, 5.74) is 0. The minimum absolute atomic E-state index is 1.06. The van der Waals surface area contributed by atoms with E-state index in [2.05, 4.69) is 24.5 Å². The predicted molar refractivity (Wildman–Crippen MR) is 50.6 cm³/mol. The Hall–Kier alpha value is -0.0800. The van der Waals surface area contributed by atoms with Gasteiger partial charge in [-0.3, -0.25) is 0 Å². The van der Waals surface area contributed by atoms with Crippen molar-refractivity contribution in [2.45, 2.75) is 26.2 Å². The molecule has 67 valence electrons. The molecule has 0 aliphatic rings. The van der Waals surface area contributed by atoms with E-state index in [4.69, 9.17) is 0 Å². The SMILES string of the molecule is [CH2]CCCCNCCNCC. The fourth-order valence-corrected chi connectivity index (χ4v) is 0.905. The lowest BCUT2D eigenvalue weighted by Gasteiger charge is -2.03. The summed E-state index contributed by atoms with van der Waals surface area (Å²) in [6.07, 6.45) is 3.57. The van der Waals surface area contributed by atoms with Crippen molar-refractivity contribution in [1.82, 2.24) is 10.6 Å². The molecule has 2 N–H and O–H groups in total. The Balaban J connectivity index is 2.69. The molecule has 2 heteroatoms. The van der Waals surface area contributed by atoms with E-state index < -0.39 is 0 Å². The molecule has 0 aliphatic carbocycles. The second-order valence-electron chi connectivity index (χ2n) is 2.66. The van der Waals surface area contributed by atoms with Crippen LogP contribution in [0.2, 0.25) is 0 Å². The van der Waals surface area contributed by atoms with Crippen molar-refractivity contribution in [3.63, 3.8) is 0 Å². The Labute approximate surface area is 70.8 Å². The van der Waals surface area contributed by atoms with Gasteiger partial charge in [0.25, 0.3) is 0 Å². The van der Waals surface area contributed by atoms with Crippen LogP contribution in [0.1, 0.15) is 26.2 Å². The van der Waals surface area contributed by atoms with Crippen molar-refractivity contribution in [3.05, 3.63) is 6.92 Å². The third-order valence-electron chi connectivity index (χ3n) is 1.58. The van der Waals surface area contributed by atoms with Crippen LogP contribution < -0.4 is 10.6 Å². The molecule has 0 heterocycles. The molecule has 0 atom stereocenters. The molecule has 0 saturated heterocycles. The molecule has 2 nitrogen and oxygen atoms in total. The van der Waals surface area contributed by atoms with Gasteiger partial charge in [0, 0.05) is 13.1 Å². The van der Waals surface area contributed by atoms with Crippen molar-refractivity contribution in [1.29, 1.82) is 0 Å². The Kier molecular flexibility index (Phi) is 9.85. The Morgan fingerprint density at radius 2 is 1.73 bits per heavy atom. The zero-order valence-corrected chi connectivity index (χ0v) is 7.66. The number of hydrogen-bond acceptors (Lipinski definition) is 2. The van der Waals surface area contributed by atoms with Crippen molar-refractivity contribution < 1.29 is 0 Å². The Morgan fingerprint density at radius 1 is 1.00 bits per heavy atom. The highest BCUT2D eigenvalue weighted by molar-refractivity contribution is 4.51. The zero-order valence-electron chi connectivity index (χ0n) is 7.66. The molecule has 11 heavy (non-hydrogen) atoms. The number of unbranched alkanes of at least 4 members (excludes halogenated alkanes) is 2. The first-order chi connectivity index (χ1) is 5.41. The number of likely N-dealkylation sites (N-methyl/N-ethyl adjacent to an activating group) is 1. The lowest BCUT2D eigenvalue weighted by molar-refractivity contribution is 0.595. The van der Waals surface area contributed by atoms with Gasteiger partial charge in [-0.25, -0.2) is 0 Å². The van der Waals surface area contributed by atoms with Gasteiger partial charge in [-0.15, -0.1) is 0 Å². The summed E-state index contributed by atoms with van der Waals surface area (Å²) in [6, 6.07) is 0. The first kappa shape index (κ1) is 10.9. The maximum Gasteiger partial charge on any atom is 0.00767 e. The molecule has 0 aliphatic heterocycles. The van der Waals surface area contributed by atoms with Gasteiger partial charge in [-0.1, -0.05) is 26.7 Å². The van der Waals surface area contributed by atoms with E-state index in [0.717, 1.165) is 32.6 Å². The summed E-state index contributed by atoms with van der Waals surface area (Å²) in [6.45, 7) is 10.3. The largest absolute Gasteiger partial charge is 0.316 e. The molecule has 0 aromatic carbocycles. The third-order valence-corrected chi connectivity index (χ3v) is 1.58. The molecule has 0 aromatic rings. The monoisotopic (exact) mass is 157 g/mol. The maximum atomic E-state index is 3.79. The summed E-state index contributed by atoms with van der Waals surface area (Å²) >= 11 is 0. The van der Waals surface area contributed by atoms with Crippen LogP contribution in [0.25, 0.3) is 0 Å². The van der Waals surface area contributed by atoms with E-state index in [1.165, 1.54) is 12.8 Å². The average molecular weight is 157 g/mol. The summed E-state index contributed by atoms with van der Waals surface area (Å²) in [5, 5.41) is 6.63. The first-order valence-corrected chi connectivity index (χ1v) is 4.62. The second kappa shape index (κ2) is 9.92. The minimum atomic E-state index is 1.06. The van der Waals surface area contributed by atoms with Crippen molar-refractivity contribution in [2.75, 3.05) is 26.2 Å². The lowest BCUT2D eigenvalue weighted by atomic mass is 10.2. The summed E-state index contributed by atoms with van der Waals surface area (Å²) in [5.74, 6) is 0. The van der Waals surface area contributed by atoms with Crippen LogP contribution in [-0.2, 0) is 0 Å². The lowest BCUT2D eigenvalue weighted by Crippen LogP contribution is -2.27. The predicted octanol–water partition coefficient (Wildman–Crippen LogP) is 1.19. The van der Waals surface area contributed by atoms with Gasteiger partial charge in [0.05, 0.1) is 0 Å². The molecule has 0 fully saturated rings. The molecular formula is C9H21N2. The average Bonchev–Trinajstić information content (AvgIpc) is 2.03. The van der Waals surface area contributed by atoms with Crippen LogP contribution in [0.5, 0.6) is 0 Å². The van der Waals surface area contributed by atoms with Crippen LogP contribution in [0, 0.1) is 6.92 Å².